The highest BCUT2D eigenvalue weighted by Crippen LogP contribution is 2.19. The number of urea groups is 1. The van der Waals surface area contributed by atoms with Gasteiger partial charge in [-0.3, -0.25) is 0 Å². The molecule has 2 rings (SSSR count). The van der Waals surface area contributed by atoms with E-state index < -0.39 is 11.9 Å². The maximum absolute atomic E-state index is 12.7. The molecule has 1 aliphatic heterocycles. The van der Waals surface area contributed by atoms with Crippen molar-refractivity contribution in [2.45, 2.75) is 25.8 Å². The van der Waals surface area contributed by atoms with Crippen LogP contribution in [-0.4, -0.2) is 62.9 Å². The van der Waals surface area contributed by atoms with E-state index >= 15 is 0 Å². The fourth-order valence-electron chi connectivity index (χ4n) is 2.86. The minimum Gasteiger partial charge on any atom is -0.465 e. The molecular weight excluding hydrogens is 340 g/mol. The molecule has 1 aliphatic rings. The Morgan fingerprint density at radius 2 is 1.77 bits per heavy atom. The Bertz CT molecular complexity index is 639. The number of carbonyl (C=O) groups is 3. The smallest absolute Gasteiger partial charge is 0.337 e. The predicted molar refractivity (Wildman–Crippen MR) is 94.4 cm³/mol. The monoisotopic (exact) mass is 364 g/mol. The van der Waals surface area contributed by atoms with Gasteiger partial charge in [0.05, 0.1) is 44.6 Å². The summed E-state index contributed by atoms with van der Waals surface area (Å²) < 4.78 is 14.8. The fraction of sp³-hybridized carbons (Fsp3) is 0.500. The maximum Gasteiger partial charge on any atom is 0.337 e. The molecule has 0 spiro atoms. The Labute approximate surface area is 152 Å². The van der Waals surface area contributed by atoms with Gasteiger partial charge in [0.25, 0.3) is 0 Å². The molecular formula is C18H24N2O6. The second-order valence-corrected chi connectivity index (χ2v) is 5.92. The van der Waals surface area contributed by atoms with Gasteiger partial charge in [0, 0.05) is 12.2 Å². The SMILES string of the molecule is CCC[C@@H]1COCCN1C(=O)Nc1cc(C(=O)OC)cc(C(=O)OC)c1. The van der Waals surface area contributed by atoms with Gasteiger partial charge in [-0.1, -0.05) is 13.3 Å². The van der Waals surface area contributed by atoms with Crippen LogP contribution in [0.4, 0.5) is 10.5 Å². The number of methoxy groups -OCH3 is 2. The fourth-order valence-corrected chi connectivity index (χ4v) is 2.86. The van der Waals surface area contributed by atoms with Crippen LogP contribution in [0.3, 0.4) is 0 Å². The zero-order valence-corrected chi connectivity index (χ0v) is 15.2. The molecule has 8 heteroatoms. The molecule has 1 atom stereocenters. The molecule has 0 radical (unpaired) electrons. The van der Waals surface area contributed by atoms with E-state index in [1.165, 1.54) is 32.4 Å². The Morgan fingerprint density at radius 3 is 2.31 bits per heavy atom. The van der Waals surface area contributed by atoms with Gasteiger partial charge in [0.1, 0.15) is 0 Å². The van der Waals surface area contributed by atoms with Crippen LogP contribution in [0.15, 0.2) is 18.2 Å². The van der Waals surface area contributed by atoms with E-state index in [4.69, 9.17) is 14.2 Å². The standard InChI is InChI=1S/C18H24N2O6/c1-4-5-15-11-26-7-6-20(15)18(23)19-14-9-12(16(21)24-2)8-13(10-14)17(22)25-3/h8-10,15H,4-7,11H2,1-3H3,(H,19,23)/t15-/m1/s1. The summed E-state index contributed by atoms with van der Waals surface area (Å²) in [6.45, 7) is 3.50. The summed E-state index contributed by atoms with van der Waals surface area (Å²) in [5.41, 5.74) is 0.621. The Hall–Kier alpha value is -2.61. The van der Waals surface area contributed by atoms with Crippen molar-refractivity contribution in [3.63, 3.8) is 0 Å². The molecule has 1 N–H and O–H groups in total. The molecule has 0 aromatic heterocycles. The number of morpholine rings is 1. The zero-order chi connectivity index (χ0) is 19.1. The summed E-state index contributed by atoms with van der Waals surface area (Å²) in [5.74, 6) is -1.22. The van der Waals surface area contributed by atoms with E-state index in [9.17, 15) is 14.4 Å². The minimum absolute atomic E-state index is 0.00221. The second-order valence-electron chi connectivity index (χ2n) is 5.92. The lowest BCUT2D eigenvalue weighted by Gasteiger charge is -2.35. The third-order valence-corrected chi connectivity index (χ3v) is 4.14. The highest BCUT2D eigenvalue weighted by Gasteiger charge is 2.27. The normalized spacial score (nSPS) is 16.7. The lowest BCUT2D eigenvalue weighted by atomic mass is 10.1. The van der Waals surface area contributed by atoms with Gasteiger partial charge >= 0.3 is 18.0 Å². The predicted octanol–water partition coefficient (Wildman–Crippen LogP) is 2.29. The number of amides is 2. The molecule has 0 bridgehead atoms. The van der Waals surface area contributed by atoms with Gasteiger partial charge in [0.2, 0.25) is 0 Å². The van der Waals surface area contributed by atoms with Crippen molar-refractivity contribution in [1.29, 1.82) is 0 Å². The van der Waals surface area contributed by atoms with Crippen LogP contribution in [-0.2, 0) is 14.2 Å². The van der Waals surface area contributed by atoms with Gasteiger partial charge in [-0.05, 0) is 24.6 Å². The molecule has 0 saturated carbocycles. The summed E-state index contributed by atoms with van der Waals surface area (Å²) in [4.78, 5) is 38.1. The van der Waals surface area contributed by atoms with Crippen LogP contribution in [0.5, 0.6) is 0 Å². The third kappa shape index (κ3) is 4.72. The second kappa shape index (κ2) is 9.19. The number of benzene rings is 1. The lowest BCUT2D eigenvalue weighted by molar-refractivity contribution is 0.0125. The van der Waals surface area contributed by atoms with Crippen LogP contribution in [0.2, 0.25) is 0 Å². The molecule has 1 aromatic rings. The number of ether oxygens (including phenoxy) is 3. The van der Waals surface area contributed by atoms with E-state index in [0.717, 1.165) is 12.8 Å². The number of anilines is 1. The van der Waals surface area contributed by atoms with Crippen LogP contribution >= 0.6 is 0 Å². The van der Waals surface area contributed by atoms with Crippen molar-refractivity contribution in [1.82, 2.24) is 4.90 Å². The van der Waals surface area contributed by atoms with Crippen molar-refractivity contribution in [3.8, 4) is 0 Å². The number of nitrogens with zero attached hydrogens (tertiary/aromatic N) is 1. The first-order chi connectivity index (χ1) is 12.5. The molecule has 1 fully saturated rings. The topological polar surface area (TPSA) is 94.2 Å². The average Bonchev–Trinajstić information content (AvgIpc) is 2.67. The van der Waals surface area contributed by atoms with Crippen molar-refractivity contribution in [2.24, 2.45) is 0 Å². The third-order valence-electron chi connectivity index (χ3n) is 4.14. The first kappa shape index (κ1) is 19.7. The number of hydrogen-bond acceptors (Lipinski definition) is 6. The van der Waals surface area contributed by atoms with Crippen molar-refractivity contribution < 1.29 is 28.6 Å². The molecule has 0 unspecified atom stereocenters. The molecule has 8 nitrogen and oxygen atoms in total. The quantitative estimate of drug-likeness (QED) is 0.806. The molecule has 26 heavy (non-hydrogen) atoms. The van der Waals surface area contributed by atoms with Crippen LogP contribution in [0, 0.1) is 0 Å². The number of carbonyl (C=O) groups excluding carboxylic acids is 3. The van der Waals surface area contributed by atoms with Crippen LogP contribution < -0.4 is 5.32 Å². The molecule has 1 saturated heterocycles. The number of nitrogens with one attached hydrogen (secondary N) is 1. The number of hydrogen-bond donors (Lipinski definition) is 1. The molecule has 2 amide bonds. The zero-order valence-electron chi connectivity index (χ0n) is 15.2. The van der Waals surface area contributed by atoms with Gasteiger partial charge in [-0.15, -0.1) is 0 Å². The minimum atomic E-state index is -0.610. The summed E-state index contributed by atoms with van der Waals surface area (Å²) in [7, 11) is 2.49. The number of esters is 2. The maximum atomic E-state index is 12.7. The largest absolute Gasteiger partial charge is 0.465 e. The summed E-state index contributed by atoms with van der Waals surface area (Å²) >= 11 is 0. The van der Waals surface area contributed by atoms with Crippen LogP contribution in [0.25, 0.3) is 0 Å². The first-order valence-corrected chi connectivity index (χ1v) is 8.47. The van der Waals surface area contributed by atoms with Gasteiger partial charge in [-0.25, -0.2) is 14.4 Å². The van der Waals surface area contributed by atoms with Crippen molar-refractivity contribution >= 4 is 23.7 Å². The summed E-state index contributed by atoms with van der Waals surface area (Å²) in [5, 5.41) is 2.75. The van der Waals surface area contributed by atoms with Gasteiger partial charge in [0.15, 0.2) is 0 Å². The summed E-state index contributed by atoms with van der Waals surface area (Å²) in [6.07, 6.45) is 1.77. The van der Waals surface area contributed by atoms with Gasteiger partial charge in [-0.2, -0.15) is 0 Å². The lowest BCUT2D eigenvalue weighted by Crippen LogP contribution is -2.50. The van der Waals surface area contributed by atoms with Gasteiger partial charge < -0.3 is 24.4 Å². The molecule has 0 aliphatic carbocycles. The van der Waals surface area contributed by atoms with E-state index in [0.29, 0.717) is 25.4 Å². The highest BCUT2D eigenvalue weighted by molar-refractivity contribution is 5.99. The first-order valence-electron chi connectivity index (χ1n) is 8.47. The average molecular weight is 364 g/mol. The number of rotatable bonds is 5. The highest BCUT2D eigenvalue weighted by atomic mass is 16.5. The Kier molecular flexibility index (Phi) is 6.97. The Balaban J connectivity index is 2.24. The van der Waals surface area contributed by atoms with E-state index in [2.05, 4.69) is 5.32 Å². The van der Waals surface area contributed by atoms with Crippen molar-refractivity contribution in [2.75, 3.05) is 39.3 Å². The van der Waals surface area contributed by atoms with E-state index in [1.807, 2.05) is 6.92 Å². The molecule has 1 aromatic carbocycles. The van der Waals surface area contributed by atoms with E-state index in [1.54, 1.807) is 4.90 Å². The van der Waals surface area contributed by atoms with Crippen molar-refractivity contribution in [3.05, 3.63) is 29.3 Å². The molecule has 1 heterocycles. The molecule has 142 valence electrons. The summed E-state index contributed by atoms with van der Waals surface area (Å²) in [6, 6.07) is 3.99. The van der Waals surface area contributed by atoms with E-state index in [-0.39, 0.29) is 23.2 Å². The Morgan fingerprint density at radius 1 is 1.15 bits per heavy atom. The van der Waals surface area contributed by atoms with Crippen LogP contribution in [0.1, 0.15) is 40.5 Å².